The van der Waals surface area contributed by atoms with Crippen LogP contribution in [0.4, 0.5) is 5.69 Å². The van der Waals surface area contributed by atoms with Gasteiger partial charge in [-0.2, -0.15) is 0 Å². The Morgan fingerprint density at radius 2 is 1.85 bits per heavy atom. The van der Waals surface area contributed by atoms with Crippen LogP contribution < -0.4 is 10.2 Å². The van der Waals surface area contributed by atoms with E-state index in [1.54, 1.807) is 0 Å². The molecule has 0 atom stereocenters. The van der Waals surface area contributed by atoms with Gasteiger partial charge in [0, 0.05) is 29.7 Å². The Labute approximate surface area is 92.5 Å². The fourth-order valence-corrected chi connectivity index (χ4v) is 2.28. The van der Waals surface area contributed by atoms with Crippen molar-refractivity contribution in [1.82, 2.24) is 5.32 Å². The summed E-state index contributed by atoms with van der Waals surface area (Å²) in [4.78, 5) is 2.41. The van der Waals surface area contributed by atoms with Crippen LogP contribution in [0, 0.1) is 3.57 Å². The molecule has 0 bridgehead atoms. The lowest BCUT2D eigenvalue weighted by molar-refractivity contribution is 0.578. The quantitative estimate of drug-likeness (QED) is 0.719. The molecule has 1 aliphatic rings. The van der Waals surface area contributed by atoms with Crippen LogP contribution >= 0.6 is 22.6 Å². The molecule has 0 saturated carbocycles. The Balaban J connectivity index is 2.18. The van der Waals surface area contributed by atoms with Gasteiger partial charge in [-0.25, -0.2) is 5.32 Å². The molecule has 2 rings (SSSR count). The van der Waals surface area contributed by atoms with Crippen LogP contribution in [0.25, 0.3) is 0 Å². The molecule has 1 radical (unpaired) electrons. The van der Waals surface area contributed by atoms with Crippen LogP contribution in [0.1, 0.15) is 0 Å². The van der Waals surface area contributed by atoms with Crippen molar-refractivity contribution in [3.8, 4) is 0 Å². The summed E-state index contributed by atoms with van der Waals surface area (Å²) in [6.45, 7) is 4.09. The monoisotopic (exact) mass is 287 g/mol. The van der Waals surface area contributed by atoms with Gasteiger partial charge >= 0.3 is 0 Å². The lowest BCUT2D eigenvalue weighted by Gasteiger charge is -2.29. The van der Waals surface area contributed by atoms with Crippen LogP contribution in [0.5, 0.6) is 0 Å². The Morgan fingerprint density at radius 3 is 2.54 bits per heavy atom. The zero-order chi connectivity index (χ0) is 9.10. The van der Waals surface area contributed by atoms with Crippen molar-refractivity contribution in [2.75, 3.05) is 31.1 Å². The summed E-state index contributed by atoms with van der Waals surface area (Å²) in [5.41, 5.74) is 1.36. The molecule has 1 saturated heterocycles. The maximum atomic E-state index is 4.34. The van der Waals surface area contributed by atoms with Crippen molar-refractivity contribution in [2.24, 2.45) is 0 Å². The minimum Gasteiger partial charge on any atom is -0.368 e. The minimum atomic E-state index is 0.977. The molecule has 13 heavy (non-hydrogen) atoms. The van der Waals surface area contributed by atoms with E-state index in [-0.39, 0.29) is 0 Å². The van der Waals surface area contributed by atoms with Crippen molar-refractivity contribution in [1.29, 1.82) is 0 Å². The maximum absolute atomic E-state index is 4.34. The fourth-order valence-electron chi connectivity index (χ4n) is 1.56. The lowest BCUT2D eigenvalue weighted by atomic mass is 10.2. The zero-order valence-electron chi connectivity index (χ0n) is 7.41. The molecular weight excluding hydrogens is 275 g/mol. The number of anilines is 1. The molecule has 69 valence electrons. The molecule has 2 nitrogen and oxygen atoms in total. The highest BCUT2D eigenvalue weighted by Crippen LogP contribution is 2.21. The van der Waals surface area contributed by atoms with Gasteiger partial charge in [-0.15, -0.1) is 0 Å². The number of halogens is 1. The van der Waals surface area contributed by atoms with Crippen LogP contribution in [-0.4, -0.2) is 26.2 Å². The van der Waals surface area contributed by atoms with Gasteiger partial charge in [-0.1, -0.05) is 12.1 Å². The van der Waals surface area contributed by atoms with E-state index >= 15 is 0 Å². The molecule has 3 heteroatoms. The smallest absolute Gasteiger partial charge is 0.0502 e. The van der Waals surface area contributed by atoms with Crippen LogP contribution in [0.3, 0.4) is 0 Å². The van der Waals surface area contributed by atoms with E-state index in [0.717, 1.165) is 26.2 Å². The van der Waals surface area contributed by atoms with Crippen LogP contribution in [-0.2, 0) is 0 Å². The second-order valence-corrected chi connectivity index (χ2v) is 4.27. The van der Waals surface area contributed by atoms with Gasteiger partial charge in [0.05, 0.1) is 5.69 Å². The van der Waals surface area contributed by atoms with E-state index in [0.29, 0.717) is 0 Å². The summed E-state index contributed by atoms with van der Waals surface area (Å²) in [5, 5.41) is 4.34. The van der Waals surface area contributed by atoms with Crippen molar-refractivity contribution in [3.63, 3.8) is 0 Å². The van der Waals surface area contributed by atoms with Gasteiger partial charge in [-0.05, 0) is 34.7 Å². The number of hydrogen-bond donors (Lipinski definition) is 0. The van der Waals surface area contributed by atoms with Crippen LogP contribution in [0.2, 0.25) is 0 Å². The summed E-state index contributed by atoms with van der Waals surface area (Å²) in [5.74, 6) is 0. The number of nitrogens with zero attached hydrogens (tertiary/aromatic N) is 2. The van der Waals surface area contributed by atoms with Gasteiger partial charge in [0.1, 0.15) is 0 Å². The Morgan fingerprint density at radius 1 is 1.15 bits per heavy atom. The average molecular weight is 287 g/mol. The average Bonchev–Trinajstić information content (AvgIpc) is 2.20. The molecule has 1 aromatic carbocycles. The van der Waals surface area contributed by atoms with Crippen molar-refractivity contribution >= 4 is 28.3 Å². The lowest BCUT2D eigenvalue weighted by Crippen LogP contribution is -2.40. The maximum Gasteiger partial charge on any atom is 0.0502 e. The number of para-hydroxylation sites is 1. The van der Waals surface area contributed by atoms with E-state index in [1.807, 2.05) is 0 Å². The summed E-state index contributed by atoms with van der Waals surface area (Å²) in [6, 6.07) is 8.53. The highest BCUT2D eigenvalue weighted by atomic mass is 127. The first kappa shape index (κ1) is 9.27. The molecule has 0 unspecified atom stereocenters. The number of hydrogen-bond acceptors (Lipinski definition) is 1. The first-order chi connectivity index (χ1) is 6.38. The first-order valence-electron chi connectivity index (χ1n) is 4.50. The summed E-state index contributed by atoms with van der Waals surface area (Å²) in [7, 11) is 0. The van der Waals surface area contributed by atoms with Gasteiger partial charge in [0.15, 0.2) is 0 Å². The molecule has 0 aliphatic carbocycles. The Bertz CT molecular complexity index is 282. The predicted octanol–water partition coefficient (Wildman–Crippen LogP) is 1.72. The number of piperazine rings is 1. The fraction of sp³-hybridized carbons (Fsp3) is 0.400. The standard InChI is InChI=1S/C10H12IN2/c11-9-3-1-2-4-10(9)13-7-5-12-6-8-13/h1-4H,5-8H2. The van der Waals surface area contributed by atoms with E-state index in [1.165, 1.54) is 9.26 Å². The van der Waals surface area contributed by atoms with Crippen molar-refractivity contribution < 1.29 is 0 Å². The van der Waals surface area contributed by atoms with E-state index in [2.05, 4.69) is 57.1 Å². The number of benzene rings is 1. The second-order valence-electron chi connectivity index (χ2n) is 3.11. The van der Waals surface area contributed by atoms with E-state index in [9.17, 15) is 0 Å². The molecular formula is C10H12IN2. The zero-order valence-corrected chi connectivity index (χ0v) is 9.57. The highest BCUT2D eigenvalue weighted by molar-refractivity contribution is 14.1. The van der Waals surface area contributed by atoms with Gasteiger partial charge in [-0.3, -0.25) is 0 Å². The molecule has 0 N–H and O–H groups in total. The number of rotatable bonds is 1. The first-order valence-corrected chi connectivity index (χ1v) is 5.58. The minimum absolute atomic E-state index is 0.977. The molecule has 0 spiro atoms. The molecule has 1 aromatic rings. The van der Waals surface area contributed by atoms with Crippen LogP contribution in [0.15, 0.2) is 24.3 Å². The molecule has 1 aliphatic heterocycles. The highest BCUT2D eigenvalue weighted by Gasteiger charge is 2.12. The van der Waals surface area contributed by atoms with Gasteiger partial charge in [0.2, 0.25) is 0 Å². The normalized spacial score (nSPS) is 17.5. The molecule has 0 aromatic heterocycles. The molecule has 1 fully saturated rings. The molecule has 0 amide bonds. The van der Waals surface area contributed by atoms with E-state index in [4.69, 9.17) is 0 Å². The third-order valence-corrected chi connectivity index (χ3v) is 3.16. The Hall–Kier alpha value is -0.290. The Kier molecular flexibility index (Phi) is 3.05. The van der Waals surface area contributed by atoms with Crippen molar-refractivity contribution in [3.05, 3.63) is 27.8 Å². The van der Waals surface area contributed by atoms with Gasteiger partial charge in [0.25, 0.3) is 0 Å². The third kappa shape index (κ3) is 2.14. The summed E-state index contributed by atoms with van der Waals surface area (Å²) >= 11 is 2.39. The van der Waals surface area contributed by atoms with Crippen molar-refractivity contribution in [2.45, 2.75) is 0 Å². The second kappa shape index (κ2) is 4.28. The topological polar surface area (TPSA) is 17.3 Å². The summed E-state index contributed by atoms with van der Waals surface area (Å²) < 4.78 is 1.34. The van der Waals surface area contributed by atoms with E-state index < -0.39 is 0 Å². The third-order valence-electron chi connectivity index (χ3n) is 2.25. The summed E-state index contributed by atoms with van der Waals surface area (Å²) in [6.07, 6.45) is 0. The largest absolute Gasteiger partial charge is 0.368 e. The van der Waals surface area contributed by atoms with Gasteiger partial charge < -0.3 is 4.90 Å². The molecule has 1 heterocycles. The predicted molar refractivity (Wildman–Crippen MR) is 63.2 cm³/mol. The SMILES string of the molecule is Ic1ccccc1N1CC[N]CC1.